The molecule has 1 aromatic rings. The second-order valence-corrected chi connectivity index (χ2v) is 3.47. The van der Waals surface area contributed by atoms with E-state index < -0.39 is 11.5 Å². The Hall–Kier alpha value is -2.62. The topological polar surface area (TPSA) is 116 Å². The SMILES string of the molecule is C/C(=N\NC(=O)CC#N)c1c(O)cc(C)oc1=O. The molecule has 0 radical (unpaired) electrons. The maximum absolute atomic E-state index is 11.5. The third kappa shape index (κ3) is 3.18. The summed E-state index contributed by atoms with van der Waals surface area (Å²) >= 11 is 0. The molecule has 94 valence electrons. The zero-order valence-electron chi connectivity index (χ0n) is 9.85. The van der Waals surface area contributed by atoms with Gasteiger partial charge >= 0.3 is 5.63 Å². The zero-order chi connectivity index (χ0) is 13.7. The Morgan fingerprint density at radius 2 is 2.33 bits per heavy atom. The Morgan fingerprint density at radius 3 is 2.89 bits per heavy atom. The molecule has 0 unspecified atom stereocenters. The first-order chi connectivity index (χ1) is 8.45. The summed E-state index contributed by atoms with van der Waals surface area (Å²) in [7, 11) is 0. The predicted octanol–water partition coefficient (Wildman–Crippen LogP) is 0.408. The standard InChI is InChI=1S/C11H11N3O4/c1-6-5-8(15)10(11(17)18-6)7(2)13-14-9(16)3-4-12/h5,15H,3H2,1-2H3,(H,14,16)/b13-7+. The molecular weight excluding hydrogens is 238 g/mol. The average Bonchev–Trinajstić information content (AvgIpc) is 2.25. The van der Waals surface area contributed by atoms with Crippen LogP contribution in [0.15, 0.2) is 20.4 Å². The van der Waals surface area contributed by atoms with Crippen molar-refractivity contribution in [3.8, 4) is 11.8 Å². The van der Waals surface area contributed by atoms with Gasteiger partial charge in [-0.2, -0.15) is 10.4 Å². The van der Waals surface area contributed by atoms with Gasteiger partial charge in [-0.3, -0.25) is 4.79 Å². The fourth-order valence-corrected chi connectivity index (χ4v) is 1.24. The smallest absolute Gasteiger partial charge is 0.348 e. The first-order valence-corrected chi connectivity index (χ1v) is 5.00. The Bertz CT molecular complexity index is 595. The van der Waals surface area contributed by atoms with Gasteiger partial charge in [-0.05, 0) is 13.8 Å². The van der Waals surface area contributed by atoms with Gasteiger partial charge < -0.3 is 9.52 Å². The van der Waals surface area contributed by atoms with E-state index in [2.05, 4.69) is 10.5 Å². The monoisotopic (exact) mass is 249 g/mol. The van der Waals surface area contributed by atoms with E-state index in [9.17, 15) is 14.7 Å². The van der Waals surface area contributed by atoms with Gasteiger partial charge in [0.15, 0.2) is 0 Å². The van der Waals surface area contributed by atoms with Crippen molar-refractivity contribution >= 4 is 11.6 Å². The van der Waals surface area contributed by atoms with Gasteiger partial charge in [0.1, 0.15) is 23.5 Å². The quantitative estimate of drug-likeness (QED) is 0.594. The van der Waals surface area contributed by atoms with E-state index >= 15 is 0 Å². The lowest BCUT2D eigenvalue weighted by Gasteiger charge is -2.03. The fraction of sp³-hybridized carbons (Fsp3) is 0.273. The minimum absolute atomic E-state index is 0.0903. The molecule has 0 saturated heterocycles. The van der Waals surface area contributed by atoms with Crippen LogP contribution in [0.25, 0.3) is 0 Å². The van der Waals surface area contributed by atoms with E-state index in [4.69, 9.17) is 9.68 Å². The van der Waals surface area contributed by atoms with Crippen LogP contribution in [-0.2, 0) is 4.79 Å². The number of hydrogen-bond acceptors (Lipinski definition) is 6. The molecule has 0 aromatic carbocycles. The number of nitrogens with one attached hydrogen (secondary N) is 1. The highest BCUT2D eigenvalue weighted by Crippen LogP contribution is 2.14. The molecule has 1 aromatic heterocycles. The van der Waals surface area contributed by atoms with Crippen molar-refractivity contribution in [3.63, 3.8) is 0 Å². The molecule has 2 N–H and O–H groups in total. The van der Waals surface area contributed by atoms with Gasteiger partial charge in [0, 0.05) is 6.07 Å². The maximum Gasteiger partial charge on any atom is 0.348 e. The van der Waals surface area contributed by atoms with Crippen molar-refractivity contribution in [1.29, 1.82) is 5.26 Å². The van der Waals surface area contributed by atoms with Crippen LogP contribution in [0.5, 0.6) is 5.75 Å². The summed E-state index contributed by atoms with van der Waals surface area (Å²) in [6, 6.07) is 2.92. The molecule has 0 bridgehead atoms. The minimum Gasteiger partial charge on any atom is -0.507 e. The first kappa shape index (κ1) is 13.4. The number of hydrazone groups is 1. The zero-order valence-corrected chi connectivity index (χ0v) is 9.85. The number of nitriles is 1. The molecule has 0 aliphatic rings. The number of rotatable bonds is 3. The summed E-state index contributed by atoms with van der Waals surface area (Å²) < 4.78 is 4.80. The number of hydrogen-bond donors (Lipinski definition) is 2. The molecule has 0 aliphatic carbocycles. The van der Waals surface area contributed by atoms with Crippen molar-refractivity contribution < 1.29 is 14.3 Å². The van der Waals surface area contributed by atoms with Gasteiger partial charge in [-0.25, -0.2) is 10.2 Å². The average molecular weight is 249 g/mol. The highest BCUT2D eigenvalue weighted by atomic mass is 16.4. The highest BCUT2D eigenvalue weighted by Gasteiger charge is 2.13. The van der Waals surface area contributed by atoms with Crippen LogP contribution in [0, 0.1) is 18.3 Å². The Balaban J connectivity index is 3.02. The summed E-state index contributed by atoms with van der Waals surface area (Å²) in [5.74, 6) is -0.616. The predicted molar refractivity (Wildman–Crippen MR) is 62.0 cm³/mol. The highest BCUT2D eigenvalue weighted by molar-refractivity contribution is 6.01. The van der Waals surface area contributed by atoms with E-state index in [1.54, 1.807) is 6.07 Å². The van der Waals surface area contributed by atoms with Crippen molar-refractivity contribution in [2.45, 2.75) is 20.3 Å². The lowest BCUT2D eigenvalue weighted by Crippen LogP contribution is -2.21. The van der Waals surface area contributed by atoms with Crippen LogP contribution in [0.2, 0.25) is 0 Å². The minimum atomic E-state index is -0.747. The summed E-state index contributed by atoms with van der Waals surface area (Å²) in [6.45, 7) is 2.94. The number of aromatic hydroxyl groups is 1. The van der Waals surface area contributed by atoms with Crippen LogP contribution in [0.1, 0.15) is 24.7 Å². The van der Waals surface area contributed by atoms with E-state index in [-0.39, 0.29) is 29.2 Å². The van der Waals surface area contributed by atoms with Crippen molar-refractivity contribution in [2.75, 3.05) is 0 Å². The third-order valence-electron chi connectivity index (χ3n) is 2.00. The summed E-state index contributed by atoms with van der Waals surface area (Å²) in [4.78, 5) is 22.5. The van der Waals surface area contributed by atoms with Crippen molar-refractivity contribution in [3.05, 3.63) is 27.8 Å². The molecule has 0 saturated carbocycles. The number of aryl methyl sites for hydroxylation is 1. The normalized spacial score (nSPS) is 10.8. The van der Waals surface area contributed by atoms with E-state index in [0.717, 1.165) is 0 Å². The van der Waals surface area contributed by atoms with Gasteiger partial charge in [-0.15, -0.1) is 0 Å². The van der Waals surface area contributed by atoms with Crippen LogP contribution in [0.4, 0.5) is 0 Å². The lowest BCUT2D eigenvalue weighted by atomic mass is 10.2. The third-order valence-corrected chi connectivity index (χ3v) is 2.00. The van der Waals surface area contributed by atoms with Crippen LogP contribution < -0.4 is 11.1 Å². The van der Waals surface area contributed by atoms with Gasteiger partial charge in [-0.1, -0.05) is 0 Å². The fourth-order valence-electron chi connectivity index (χ4n) is 1.24. The van der Waals surface area contributed by atoms with Gasteiger partial charge in [0.2, 0.25) is 0 Å². The number of carbonyl (C=O) groups is 1. The van der Waals surface area contributed by atoms with Gasteiger partial charge in [0.05, 0.1) is 11.8 Å². The summed E-state index contributed by atoms with van der Waals surface area (Å²) in [5.41, 5.74) is 1.30. The molecule has 0 spiro atoms. The lowest BCUT2D eigenvalue weighted by molar-refractivity contribution is -0.120. The van der Waals surface area contributed by atoms with E-state index in [0.29, 0.717) is 0 Å². The molecule has 0 fully saturated rings. The molecule has 18 heavy (non-hydrogen) atoms. The summed E-state index contributed by atoms with van der Waals surface area (Å²) in [6.07, 6.45) is -0.342. The molecule has 0 aliphatic heterocycles. The van der Waals surface area contributed by atoms with Crippen LogP contribution >= 0.6 is 0 Å². The van der Waals surface area contributed by atoms with E-state index in [1.165, 1.54) is 19.9 Å². The van der Waals surface area contributed by atoms with Crippen LogP contribution in [-0.4, -0.2) is 16.7 Å². The molecule has 0 atom stereocenters. The largest absolute Gasteiger partial charge is 0.507 e. The summed E-state index contributed by atoms with van der Waals surface area (Å²) in [5, 5.41) is 21.5. The molecule has 1 rings (SSSR count). The van der Waals surface area contributed by atoms with Gasteiger partial charge in [0.25, 0.3) is 5.91 Å². The Kier molecular flexibility index (Phi) is 4.21. The molecular formula is C11H11N3O4. The molecule has 7 heteroatoms. The molecule has 1 heterocycles. The Morgan fingerprint density at radius 1 is 1.67 bits per heavy atom. The first-order valence-electron chi connectivity index (χ1n) is 5.00. The van der Waals surface area contributed by atoms with Crippen LogP contribution in [0.3, 0.4) is 0 Å². The second kappa shape index (κ2) is 5.63. The number of nitrogens with zero attached hydrogens (tertiary/aromatic N) is 2. The molecule has 1 amide bonds. The Labute approximate surface area is 102 Å². The number of amides is 1. The second-order valence-electron chi connectivity index (χ2n) is 3.47. The van der Waals surface area contributed by atoms with Crippen molar-refractivity contribution in [1.82, 2.24) is 5.43 Å². The molecule has 7 nitrogen and oxygen atoms in total. The number of carbonyl (C=O) groups excluding carboxylic acids is 1. The van der Waals surface area contributed by atoms with E-state index in [1.807, 2.05) is 0 Å². The maximum atomic E-state index is 11.5. The van der Waals surface area contributed by atoms with Crippen molar-refractivity contribution in [2.24, 2.45) is 5.10 Å².